The number of hydrogen-bond acceptors (Lipinski definition) is 6. The molecular formula is C23H25N3O5S. The van der Waals surface area contributed by atoms with E-state index in [1.807, 2.05) is 12.1 Å². The van der Waals surface area contributed by atoms with Gasteiger partial charge in [-0.15, -0.1) is 0 Å². The van der Waals surface area contributed by atoms with Gasteiger partial charge in [-0.05, 0) is 61.2 Å². The Morgan fingerprint density at radius 2 is 1.88 bits per heavy atom. The van der Waals surface area contributed by atoms with Gasteiger partial charge in [0.2, 0.25) is 10.0 Å². The summed E-state index contributed by atoms with van der Waals surface area (Å²) in [5, 5.41) is 12.0. The summed E-state index contributed by atoms with van der Waals surface area (Å²) in [4.78, 5) is 12.5. The average molecular weight is 456 g/mol. The van der Waals surface area contributed by atoms with E-state index in [0.717, 1.165) is 18.4 Å². The van der Waals surface area contributed by atoms with E-state index in [4.69, 9.17) is 9.47 Å². The predicted octanol–water partition coefficient (Wildman–Crippen LogP) is 2.59. The van der Waals surface area contributed by atoms with Gasteiger partial charge in [-0.1, -0.05) is 12.1 Å². The van der Waals surface area contributed by atoms with Gasteiger partial charge in [0.1, 0.15) is 5.75 Å². The van der Waals surface area contributed by atoms with Crippen LogP contribution in [-0.4, -0.2) is 51.5 Å². The summed E-state index contributed by atoms with van der Waals surface area (Å²) in [7, 11) is -3.59. The first-order valence-corrected chi connectivity index (χ1v) is 11.9. The van der Waals surface area contributed by atoms with E-state index in [-0.39, 0.29) is 22.8 Å². The Kier molecular flexibility index (Phi) is 6.20. The second kappa shape index (κ2) is 8.90. The molecule has 1 heterocycles. The number of morpholine rings is 1. The SMILES string of the molecule is Cc1cc(S(=O)(=O)N2CCOCC2)ccc1OCC(=O)Nc1ccc(C2(C#N)CC2)cc1. The van der Waals surface area contributed by atoms with Crippen LogP contribution in [0.5, 0.6) is 5.75 Å². The lowest BCUT2D eigenvalue weighted by molar-refractivity contribution is -0.118. The van der Waals surface area contributed by atoms with Gasteiger partial charge in [0.05, 0.1) is 29.6 Å². The fourth-order valence-corrected chi connectivity index (χ4v) is 5.18. The van der Waals surface area contributed by atoms with Gasteiger partial charge in [0, 0.05) is 18.8 Å². The summed E-state index contributed by atoms with van der Waals surface area (Å²) in [5.41, 5.74) is 1.87. The quantitative estimate of drug-likeness (QED) is 0.687. The molecule has 9 heteroatoms. The Morgan fingerprint density at radius 3 is 2.47 bits per heavy atom. The van der Waals surface area contributed by atoms with Gasteiger partial charge in [0.15, 0.2) is 6.61 Å². The molecule has 0 spiro atoms. The van der Waals surface area contributed by atoms with Gasteiger partial charge in [-0.2, -0.15) is 9.57 Å². The summed E-state index contributed by atoms with van der Waals surface area (Å²) in [6.45, 7) is 2.97. The lowest BCUT2D eigenvalue weighted by atomic mass is 9.98. The van der Waals surface area contributed by atoms with Crippen molar-refractivity contribution in [3.63, 3.8) is 0 Å². The first kappa shape index (κ1) is 22.3. The van der Waals surface area contributed by atoms with Crippen molar-refractivity contribution >= 4 is 21.6 Å². The van der Waals surface area contributed by atoms with E-state index in [1.54, 1.807) is 31.2 Å². The summed E-state index contributed by atoms with van der Waals surface area (Å²) in [5.74, 6) is 0.115. The smallest absolute Gasteiger partial charge is 0.262 e. The van der Waals surface area contributed by atoms with E-state index in [9.17, 15) is 18.5 Å². The summed E-state index contributed by atoms with van der Waals surface area (Å²) in [6, 6.07) is 14.3. The van der Waals surface area contributed by atoms with Crippen LogP contribution in [-0.2, 0) is 25.0 Å². The zero-order valence-electron chi connectivity index (χ0n) is 17.8. The van der Waals surface area contributed by atoms with Crippen LogP contribution in [0.25, 0.3) is 0 Å². The number of nitrogens with zero attached hydrogens (tertiary/aromatic N) is 2. The fraction of sp³-hybridized carbons (Fsp3) is 0.391. The molecule has 0 atom stereocenters. The van der Waals surface area contributed by atoms with Crippen molar-refractivity contribution in [1.82, 2.24) is 4.31 Å². The molecule has 2 aromatic carbocycles. The molecule has 8 nitrogen and oxygen atoms in total. The lowest BCUT2D eigenvalue weighted by Crippen LogP contribution is -2.40. The standard InChI is InChI=1S/C23H25N3O5S/c1-17-14-20(32(28,29)26-10-12-30-13-11-26)6-7-21(17)31-15-22(27)25-19-4-2-18(3-5-19)23(16-24)8-9-23/h2-7,14H,8-13,15H2,1H3,(H,25,27). The van der Waals surface area contributed by atoms with Crippen LogP contribution in [0.2, 0.25) is 0 Å². The van der Waals surface area contributed by atoms with Gasteiger partial charge < -0.3 is 14.8 Å². The topological polar surface area (TPSA) is 109 Å². The summed E-state index contributed by atoms with van der Waals surface area (Å²) >= 11 is 0. The number of benzene rings is 2. The van der Waals surface area contributed by atoms with Gasteiger partial charge >= 0.3 is 0 Å². The molecule has 0 unspecified atom stereocenters. The second-order valence-corrected chi connectivity index (χ2v) is 9.99. The van der Waals surface area contributed by atoms with Gasteiger partial charge in [-0.3, -0.25) is 4.79 Å². The molecule has 2 fully saturated rings. The molecule has 0 aromatic heterocycles. The van der Waals surface area contributed by atoms with E-state index in [0.29, 0.717) is 43.3 Å². The Balaban J connectivity index is 1.34. The highest BCUT2D eigenvalue weighted by Gasteiger charge is 2.44. The Morgan fingerprint density at radius 1 is 1.19 bits per heavy atom. The number of nitrogens with one attached hydrogen (secondary N) is 1. The molecule has 1 N–H and O–H groups in total. The third kappa shape index (κ3) is 4.63. The molecule has 2 aromatic rings. The highest BCUT2D eigenvalue weighted by atomic mass is 32.2. The van der Waals surface area contributed by atoms with Crippen molar-refractivity contribution in [3.05, 3.63) is 53.6 Å². The predicted molar refractivity (Wildman–Crippen MR) is 118 cm³/mol. The number of carbonyl (C=O) groups is 1. The largest absolute Gasteiger partial charge is 0.483 e. The summed E-state index contributed by atoms with van der Waals surface area (Å²) in [6.07, 6.45) is 1.74. The number of nitriles is 1. The molecule has 1 aliphatic heterocycles. The fourth-order valence-electron chi connectivity index (χ4n) is 3.68. The molecule has 1 saturated heterocycles. The van der Waals surface area contributed by atoms with Crippen LogP contribution in [0, 0.1) is 18.3 Å². The lowest BCUT2D eigenvalue weighted by Gasteiger charge is -2.26. The highest BCUT2D eigenvalue weighted by Crippen LogP contribution is 2.47. The Hall–Kier alpha value is -2.93. The molecule has 168 valence electrons. The molecule has 0 bridgehead atoms. The molecule has 1 saturated carbocycles. The number of anilines is 1. The number of rotatable bonds is 7. The third-order valence-electron chi connectivity index (χ3n) is 5.80. The van der Waals surface area contributed by atoms with E-state index in [2.05, 4.69) is 11.4 Å². The zero-order chi connectivity index (χ0) is 22.8. The minimum Gasteiger partial charge on any atom is -0.483 e. The van der Waals surface area contributed by atoms with E-state index >= 15 is 0 Å². The van der Waals surface area contributed by atoms with Crippen LogP contribution in [0.4, 0.5) is 5.69 Å². The van der Waals surface area contributed by atoms with Crippen LogP contribution >= 0.6 is 0 Å². The highest BCUT2D eigenvalue weighted by molar-refractivity contribution is 7.89. The van der Waals surface area contributed by atoms with Gasteiger partial charge in [0.25, 0.3) is 5.91 Å². The number of hydrogen-bond donors (Lipinski definition) is 1. The van der Waals surface area contributed by atoms with Crippen molar-refractivity contribution in [2.75, 3.05) is 38.2 Å². The summed E-state index contributed by atoms with van der Waals surface area (Å²) < 4.78 is 37.8. The van der Waals surface area contributed by atoms with Crippen molar-refractivity contribution < 1.29 is 22.7 Å². The molecular weight excluding hydrogens is 430 g/mol. The number of aryl methyl sites for hydroxylation is 1. The monoisotopic (exact) mass is 455 g/mol. The minimum atomic E-state index is -3.59. The number of amides is 1. The third-order valence-corrected chi connectivity index (χ3v) is 7.69. The minimum absolute atomic E-state index is 0.194. The second-order valence-electron chi connectivity index (χ2n) is 8.05. The number of sulfonamides is 1. The van der Waals surface area contributed by atoms with Crippen LogP contribution in [0.3, 0.4) is 0 Å². The normalized spacial score (nSPS) is 17.9. The maximum absolute atomic E-state index is 12.8. The van der Waals surface area contributed by atoms with E-state index < -0.39 is 10.0 Å². The first-order valence-electron chi connectivity index (χ1n) is 10.5. The van der Waals surface area contributed by atoms with Crippen LogP contribution in [0.1, 0.15) is 24.0 Å². The van der Waals surface area contributed by atoms with Crippen molar-refractivity contribution in [2.45, 2.75) is 30.1 Å². The Bertz CT molecular complexity index is 1150. The Labute approximate surface area is 187 Å². The van der Waals surface area contributed by atoms with Crippen molar-refractivity contribution in [1.29, 1.82) is 5.26 Å². The van der Waals surface area contributed by atoms with Crippen LogP contribution < -0.4 is 10.1 Å². The number of ether oxygens (including phenoxy) is 2. The van der Waals surface area contributed by atoms with Crippen molar-refractivity contribution in [3.8, 4) is 11.8 Å². The molecule has 0 radical (unpaired) electrons. The maximum atomic E-state index is 12.8. The first-order chi connectivity index (χ1) is 15.3. The van der Waals surface area contributed by atoms with Crippen molar-refractivity contribution in [2.24, 2.45) is 0 Å². The van der Waals surface area contributed by atoms with Crippen LogP contribution in [0.15, 0.2) is 47.4 Å². The van der Waals surface area contributed by atoms with E-state index in [1.165, 1.54) is 10.4 Å². The van der Waals surface area contributed by atoms with Gasteiger partial charge in [-0.25, -0.2) is 8.42 Å². The average Bonchev–Trinajstić information content (AvgIpc) is 3.60. The molecule has 2 aliphatic rings. The zero-order valence-corrected chi connectivity index (χ0v) is 18.7. The maximum Gasteiger partial charge on any atom is 0.262 e. The molecule has 1 aliphatic carbocycles. The molecule has 4 rings (SSSR count). The molecule has 32 heavy (non-hydrogen) atoms. The number of carbonyl (C=O) groups excluding carboxylic acids is 1. The molecule has 1 amide bonds.